The van der Waals surface area contributed by atoms with E-state index in [9.17, 15) is 9.90 Å². The number of ether oxygens (including phenoxy) is 3. The molecule has 0 aliphatic rings. The van der Waals surface area contributed by atoms with Gasteiger partial charge >= 0.3 is 0 Å². The van der Waals surface area contributed by atoms with Gasteiger partial charge in [-0.3, -0.25) is 4.79 Å². The highest BCUT2D eigenvalue weighted by Crippen LogP contribution is 2.39. The van der Waals surface area contributed by atoms with Crippen molar-refractivity contribution in [3.8, 4) is 88.3 Å². The molecule has 0 radical (unpaired) electrons. The molecule has 0 saturated heterocycles. The zero-order valence-corrected chi connectivity index (χ0v) is 46.3. The second-order valence-corrected chi connectivity index (χ2v) is 19.2. The van der Waals surface area contributed by atoms with Gasteiger partial charge in [0, 0.05) is 50.6 Å². The summed E-state index contributed by atoms with van der Waals surface area (Å²) in [6, 6.07) is 3.37. The predicted molar refractivity (Wildman–Crippen MR) is 306 cm³/mol. The standard InChI is InChI=1S/C66H101NO5/c1-4-7-10-13-16-19-22-25-28-31-34-37-40-43-46-49-52-57-70-63-60-62(66(69)67-55-56-68)61-64(71-58-53-50-47-44-41-38-35-32-29-26-23-20-17-14-11-8-5-2)65(63)72-59-54-51-48-45-42-39-36-33-30-27-24-21-18-15-12-9-6-3/h60-61,68H,4-36,49-59H2,1-3H3,(H,67,69). The highest BCUT2D eigenvalue weighted by atomic mass is 16.5. The van der Waals surface area contributed by atoms with Crippen LogP contribution in [0.1, 0.15) is 282 Å². The summed E-state index contributed by atoms with van der Waals surface area (Å²) in [4.78, 5) is 13.2. The minimum absolute atomic E-state index is 0.135. The first-order valence-electron chi connectivity index (χ1n) is 29.5. The molecule has 2 N–H and O–H groups in total. The first-order valence-corrected chi connectivity index (χ1v) is 29.5. The monoisotopic (exact) mass is 988 g/mol. The highest BCUT2D eigenvalue weighted by Gasteiger charge is 2.19. The van der Waals surface area contributed by atoms with Crippen LogP contribution in [-0.4, -0.2) is 44.0 Å². The van der Waals surface area contributed by atoms with Crippen molar-refractivity contribution in [2.45, 2.75) is 271 Å². The van der Waals surface area contributed by atoms with Gasteiger partial charge < -0.3 is 24.6 Å². The Labute approximate surface area is 443 Å². The molecule has 0 unspecified atom stereocenters. The highest BCUT2D eigenvalue weighted by molar-refractivity contribution is 5.95. The fourth-order valence-electron chi connectivity index (χ4n) is 8.10. The third-order valence-corrected chi connectivity index (χ3v) is 12.5. The normalized spacial score (nSPS) is 10.1. The van der Waals surface area contributed by atoms with Crippen LogP contribution in [0.15, 0.2) is 12.1 Å². The minimum Gasteiger partial charge on any atom is -0.489 e. The van der Waals surface area contributed by atoms with Crippen LogP contribution < -0.4 is 19.5 Å². The largest absolute Gasteiger partial charge is 0.489 e. The topological polar surface area (TPSA) is 77.0 Å². The maximum Gasteiger partial charge on any atom is 0.251 e. The summed E-state index contributed by atoms with van der Waals surface area (Å²) in [5.41, 5.74) is 0.359. The molecule has 0 heterocycles. The summed E-state index contributed by atoms with van der Waals surface area (Å²) in [7, 11) is 0. The lowest BCUT2D eigenvalue weighted by Gasteiger charge is -2.18. The number of unbranched alkanes of at least 4 members (excludes halogenated alkanes) is 33. The lowest BCUT2D eigenvalue weighted by Crippen LogP contribution is -2.26. The number of hydrogen-bond donors (Lipinski definition) is 2. The zero-order valence-electron chi connectivity index (χ0n) is 46.3. The van der Waals surface area contributed by atoms with E-state index in [1.165, 1.54) is 173 Å². The second kappa shape index (κ2) is 54.2. The summed E-state index contributed by atoms with van der Waals surface area (Å²) in [5.74, 6) is 38.2. The van der Waals surface area contributed by atoms with Crippen molar-refractivity contribution in [3.05, 3.63) is 17.7 Å². The summed E-state index contributed by atoms with van der Waals surface area (Å²) >= 11 is 0. The maximum absolute atomic E-state index is 13.2. The van der Waals surface area contributed by atoms with Crippen LogP contribution in [0.5, 0.6) is 17.2 Å². The van der Waals surface area contributed by atoms with Gasteiger partial charge in [0.2, 0.25) is 5.75 Å². The Morgan fingerprint density at radius 2 is 0.653 bits per heavy atom. The number of carbonyl (C=O) groups excluding carboxylic acids is 1. The molecule has 0 bridgehead atoms. The van der Waals surface area contributed by atoms with E-state index in [2.05, 4.69) is 97.1 Å². The van der Waals surface area contributed by atoms with Crippen molar-refractivity contribution in [2.75, 3.05) is 33.0 Å². The average molecular weight is 989 g/mol. The van der Waals surface area contributed by atoms with Crippen molar-refractivity contribution < 1.29 is 24.1 Å². The van der Waals surface area contributed by atoms with Gasteiger partial charge in [0.1, 0.15) is 0 Å². The lowest BCUT2D eigenvalue weighted by atomic mass is 10.1. The first-order chi connectivity index (χ1) is 35.7. The molecule has 1 aromatic carbocycles. The number of hydrogen-bond acceptors (Lipinski definition) is 5. The van der Waals surface area contributed by atoms with Crippen molar-refractivity contribution in [2.24, 2.45) is 0 Å². The summed E-state index contributed by atoms with van der Waals surface area (Å²) in [6.07, 6.45) is 46.2. The second-order valence-electron chi connectivity index (χ2n) is 19.2. The Balaban J connectivity index is 2.80. The molecule has 0 aliphatic heterocycles. The van der Waals surface area contributed by atoms with Crippen LogP contribution in [0.2, 0.25) is 0 Å². The van der Waals surface area contributed by atoms with Gasteiger partial charge in [0.05, 0.1) is 26.4 Å². The van der Waals surface area contributed by atoms with E-state index in [0.717, 1.165) is 38.5 Å². The predicted octanol–water partition coefficient (Wildman–Crippen LogP) is 16.8. The number of rotatable bonds is 45. The quantitative estimate of drug-likeness (QED) is 0.0503. The molecule has 1 amide bonds. The third kappa shape index (κ3) is 43.0. The third-order valence-electron chi connectivity index (χ3n) is 12.5. The smallest absolute Gasteiger partial charge is 0.251 e. The first kappa shape index (κ1) is 65.4. The van der Waals surface area contributed by atoms with Crippen LogP contribution in [0.25, 0.3) is 0 Å². The Kier molecular flexibility index (Phi) is 49.2. The van der Waals surface area contributed by atoms with Crippen molar-refractivity contribution in [1.82, 2.24) is 5.32 Å². The van der Waals surface area contributed by atoms with Gasteiger partial charge in [-0.15, -0.1) is 0 Å². The molecule has 6 nitrogen and oxygen atoms in total. The fraction of sp³-hybridized carbons (Fsp3) is 0.712. The van der Waals surface area contributed by atoms with E-state index in [0.29, 0.717) is 81.2 Å². The maximum atomic E-state index is 13.2. The molecule has 1 aromatic rings. The van der Waals surface area contributed by atoms with Gasteiger partial charge in [-0.2, -0.15) is 0 Å². The zero-order chi connectivity index (χ0) is 51.7. The van der Waals surface area contributed by atoms with Crippen molar-refractivity contribution >= 4 is 5.91 Å². The molecular formula is C66H101NO5. The van der Waals surface area contributed by atoms with Crippen LogP contribution >= 0.6 is 0 Å². The van der Waals surface area contributed by atoms with Crippen LogP contribution in [-0.2, 0) is 0 Å². The SMILES string of the molecule is CCCCCCCCCCCCC#CC#CCCCOc1cc(C(=O)NCCO)cc(OCCCC#CC#CCCCCCCCCCCCC)c1OCCCC#CC#CCCCCCCCCCCCC. The summed E-state index contributed by atoms with van der Waals surface area (Å²) in [6.45, 7) is 7.90. The molecule has 0 atom stereocenters. The van der Waals surface area contributed by atoms with E-state index in [-0.39, 0.29) is 19.1 Å². The number of carbonyl (C=O) groups is 1. The van der Waals surface area contributed by atoms with Gasteiger partial charge in [0.25, 0.3) is 5.91 Å². The Bertz CT molecular complexity index is 1760. The molecule has 1 rings (SSSR count). The summed E-state index contributed by atoms with van der Waals surface area (Å²) < 4.78 is 19.0. The van der Waals surface area contributed by atoms with Crippen molar-refractivity contribution in [3.63, 3.8) is 0 Å². The molecule has 6 heteroatoms. The van der Waals surface area contributed by atoms with E-state index >= 15 is 0 Å². The van der Waals surface area contributed by atoms with Crippen LogP contribution in [0.4, 0.5) is 0 Å². The fourth-order valence-corrected chi connectivity index (χ4v) is 8.10. The molecule has 0 aliphatic carbocycles. The molecule has 400 valence electrons. The van der Waals surface area contributed by atoms with E-state index in [1.54, 1.807) is 12.1 Å². The van der Waals surface area contributed by atoms with E-state index in [4.69, 9.17) is 14.2 Å². The number of benzene rings is 1. The van der Waals surface area contributed by atoms with Gasteiger partial charge in [-0.05, 0) is 86.2 Å². The molecule has 0 saturated carbocycles. The van der Waals surface area contributed by atoms with Gasteiger partial charge in [-0.25, -0.2) is 0 Å². The Hall–Kier alpha value is -4.59. The number of aliphatic hydroxyl groups excluding tert-OH is 1. The van der Waals surface area contributed by atoms with Crippen molar-refractivity contribution in [1.29, 1.82) is 0 Å². The molecule has 0 fully saturated rings. The minimum atomic E-state index is -0.334. The molecule has 0 spiro atoms. The average Bonchev–Trinajstić information content (AvgIpc) is 3.39. The Morgan fingerprint density at radius 3 is 0.944 bits per heavy atom. The summed E-state index contributed by atoms with van der Waals surface area (Å²) in [5, 5.41) is 12.2. The number of aliphatic hydroxyl groups is 1. The molecular weight excluding hydrogens is 887 g/mol. The van der Waals surface area contributed by atoms with Gasteiger partial charge in [0.15, 0.2) is 11.5 Å². The van der Waals surface area contributed by atoms with E-state index in [1.807, 2.05) is 0 Å². The number of amides is 1. The van der Waals surface area contributed by atoms with Crippen LogP contribution in [0, 0.1) is 71.0 Å². The van der Waals surface area contributed by atoms with Gasteiger partial charge in [-0.1, -0.05) is 230 Å². The lowest BCUT2D eigenvalue weighted by molar-refractivity contribution is 0.0943. The number of nitrogens with one attached hydrogen (secondary N) is 1. The molecule has 72 heavy (non-hydrogen) atoms. The molecule has 0 aromatic heterocycles. The van der Waals surface area contributed by atoms with Crippen LogP contribution in [0.3, 0.4) is 0 Å². The Morgan fingerprint density at radius 1 is 0.389 bits per heavy atom. The van der Waals surface area contributed by atoms with E-state index < -0.39 is 0 Å².